The van der Waals surface area contributed by atoms with E-state index in [1.807, 2.05) is 0 Å². The second-order valence-corrected chi connectivity index (χ2v) is 9.20. The molecule has 0 aliphatic heterocycles. The maximum atomic E-state index is 13.3. The number of nitrogens with two attached hydrogens (primary N) is 1. The standard InChI is InChI=1S/C25H33N5O9/c1-3-12(2)21(30-22(35)15(26)9-19(31)32)24(37)28-17(23(36)29-18(25(38)39)10-20(33)34)8-13-11-27-16-7-5-4-6-14(13)16/h4-7,11-12,15,17-18,21,27H,3,8-10,26H2,1-2H3,(H,28,37)(H,29,36)(H,30,35)(H,31,32)(H,33,34)(H,38,39). The van der Waals surface area contributed by atoms with Gasteiger partial charge in [0.2, 0.25) is 17.7 Å². The van der Waals surface area contributed by atoms with Gasteiger partial charge in [0.1, 0.15) is 18.1 Å². The highest BCUT2D eigenvalue weighted by atomic mass is 16.4. The average molecular weight is 548 g/mol. The summed E-state index contributed by atoms with van der Waals surface area (Å²) in [4.78, 5) is 75.6. The first-order valence-corrected chi connectivity index (χ1v) is 12.2. The van der Waals surface area contributed by atoms with Crippen LogP contribution in [-0.4, -0.2) is 80.1 Å². The quantitative estimate of drug-likeness (QED) is 0.143. The van der Waals surface area contributed by atoms with Crippen LogP contribution in [0.25, 0.3) is 10.9 Å². The van der Waals surface area contributed by atoms with Crippen molar-refractivity contribution in [1.29, 1.82) is 0 Å². The summed E-state index contributed by atoms with van der Waals surface area (Å²) in [6.07, 6.45) is 0.405. The van der Waals surface area contributed by atoms with Gasteiger partial charge in [0.15, 0.2) is 0 Å². The van der Waals surface area contributed by atoms with Gasteiger partial charge < -0.3 is 42.0 Å². The number of hydrogen-bond donors (Lipinski definition) is 8. The van der Waals surface area contributed by atoms with Crippen molar-refractivity contribution in [3.8, 4) is 0 Å². The lowest BCUT2D eigenvalue weighted by Gasteiger charge is -2.27. The highest BCUT2D eigenvalue weighted by molar-refractivity contribution is 5.96. The van der Waals surface area contributed by atoms with Gasteiger partial charge >= 0.3 is 17.9 Å². The van der Waals surface area contributed by atoms with Crippen LogP contribution in [0.2, 0.25) is 0 Å². The molecule has 0 saturated heterocycles. The molecule has 0 bridgehead atoms. The molecule has 5 atom stereocenters. The zero-order chi connectivity index (χ0) is 29.3. The van der Waals surface area contributed by atoms with E-state index in [9.17, 15) is 33.9 Å². The molecule has 0 aliphatic carbocycles. The topological polar surface area (TPSA) is 241 Å². The molecule has 1 heterocycles. The number of nitrogens with one attached hydrogen (secondary N) is 4. The Balaban J connectivity index is 2.35. The largest absolute Gasteiger partial charge is 0.481 e. The van der Waals surface area contributed by atoms with E-state index in [2.05, 4.69) is 20.9 Å². The lowest BCUT2D eigenvalue weighted by Crippen LogP contribution is -2.59. The maximum Gasteiger partial charge on any atom is 0.326 e. The van der Waals surface area contributed by atoms with Crippen LogP contribution in [0.4, 0.5) is 0 Å². The maximum absolute atomic E-state index is 13.3. The van der Waals surface area contributed by atoms with E-state index in [1.54, 1.807) is 44.3 Å². The van der Waals surface area contributed by atoms with Gasteiger partial charge in [0.05, 0.1) is 18.9 Å². The van der Waals surface area contributed by atoms with E-state index in [4.69, 9.17) is 15.9 Å². The number of carboxylic acids is 3. The molecule has 1 aromatic carbocycles. The SMILES string of the molecule is CCC(C)C(NC(=O)C(N)CC(=O)O)C(=O)NC(Cc1c[nH]c2ccccc12)C(=O)NC(CC(=O)O)C(=O)O. The number of aromatic nitrogens is 1. The molecule has 0 radical (unpaired) electrons. The number of para-hydroxylation sites is 1. The van der Waals surface area contributed by atoms with Gasteiger partial charge in [0, 0.05) is 23.5 Å². The number of carbonyl (C=O) groups excluding carboxylic acids is 3. The molecule has 5 unspecified atom stereocenters. The van der Waals surface area contributed by atoms with Crippen LogP contribution in [0, 0.1) is 5.92 Å². The van der Waals surface area contributed by atoms with E-state index in [0.717, 1.165) is 10.9 Å². The first-order chi connectivity index (χ1) is 18.3. The zero-order valence-electron chi connectivity index (χ0n) is 21.5. The van der Waals surface area contributed by atoms with E-state index in [-0.39, 0.29) is 6.42 Å². The minimum Gasteiger partial charge on any atom is -0.481 e. The first-order valence-electron chi connectivity index (χ1n) is 12.2. The van der Waals surface area contributed by atoms with Crippen molar-refractivity contribution in [3.05, 3.63) is 36.0 Å². The van der Waals surface area contributed by atoms with Crippen molar-refractivity contribution < 1.29 is 44.1 Å². The minimum absolute atomic E-state index is 0.0965. The third-order valence-corrected chi connectivity index (χ3v) is 6.25. The van der Waals surface area contributed by atoms with Crippen molar-refractivity contribution in [1.82, 2.24) is 20.9 Å². The first kappa shape index (κ1) is 30.8. The highest BCUT2D eigenvalue weighted by Gasteiger charge is 2.33. The predicted octanol–water partition coefficient (Wildman–Crippen LogP) is -0.428. The molecular weight excluding hydrogens is 514 g/mol. The summed E-state index contributed by atoms with van der Waals surface area (Å²) in [5.74, 6) is -7.38. The van der Waals surface area contributed by atoms with Gasteiger partial charge in [-0.1, -0.05) is 38.5 Å². The fourth-order valence-electron chi connectivity index (χ4n) is 3.88. The molecule has 9 N–H and O–H groups in total. The number of carboxylic acid groups (broad SMARTS) is 3. The fraction of sp³-hybridized carbons (Fsp3) is 0.440. The van der Waals surface area contributed by atoms with Crippen LogP contribution in [-0.2, 0) is 35.2 Å². The molecule has 0 fully saturated rings. The van der Waals surface area contributed by atoms with E-state index in [1.165, 1.54) is 0 Å². The number of rotatable bonds is 15. The van der Waals surface area contributed by atoms with E-state index in [0.29, 0.717) is 12.0 Å². The zero-order valence-corrected chi connectivity index (χ0v) is 21.5. The fourth-order valence-corrected chi connectivity index (χ4v) is 3.88. The Bertz CT molecular complexity index is 1230. The van der Waals surface area contributed by atoms with Crippen LogP contribution < -0.4 is 21.7 Å². The van der Waals surface area contributed by atoms with Crippen molar-refractivity contribution in [2.24, 2.45) is 11.7 Å². The summed E-state index contributed by atoms with van der Waals surface area (Å²) in [5, 5.41) is 35.2. The Morgan fingerprint density at radius 2 is 1.49 bits per heavy atom. The van der Waals surface area contributed by atoms with Gasteiger partial charge in [-0.15, -0.1) is 0 Å². The Morgan fingerprint density at radius 1 is 0.872 bits per heavy atom. The molecule has 2 aromatic rings. The minimum atomic E-state index is -1.75. The average Bonchev–Trinajstić information content (AvgIpc) is 3.27. The predicted molar refractivity (Wildman–Crippen MR) is 137 cm³/mol. The molecule has 39 heavy (non-hydrogen) atoms. The van der Waals surface area contributed by atoms with Gasteiger partial charge in [-0.05, 0) is 17.5 Å². The Kier molecular flexibility index (Phi) is 11.0. The number of carbonyl (C=O) groups is 6. The van der Waals surface area contributed by atoms with Crippen LogP contribution in [0.1, 0.15) is 38.7 Å². The molecule has 0 saturated carbocycles. The molecule has 14 nitrogen and oxygen atoms in total. The summed E-state index contributed by atoms with van der Waals surface area (Å²) < 4.78 is 0. The molecule has 212 valence electrons. The van der Waals surface area contributed by atoms with Gasteiger partial charge in [-0.3, -0.25) is 24.0 Å². The number of fused-ring (bicyclic) bond motifs is 1. The summed E-state index contributed by atoms with van der Waals surface area (Å²) >= 11 is 0. The molecule has 0 aliphatic rings. The molecule has 2 rings (SSSR count). The lowest BCUT2D eigenvalue weighted by atomic mass is 9.96. The van der Waals surface area contributed by atoms with Crippen LogP contribution in [0.3, 0.4) is 0 Å². The van der Waals surface area contributed by atoms with Crippen LogP contribution >= 0.6 is 0 Å². The second kappa shape index (κ2) is 13.9. The number of aliphatic carboxylic acids is 3. The Morgan fingerprint density at radius 3 is 2.08 bits per heavy atom. The highest BCUT2D eigenvalue weighted by Crippen LogP contribution is 2.20. The van der Waals surface area contributed by atoms with Crippen molar-refractivity contribution in [3.63, 3.8) is 0 Å². The van der Waals surface area contributed by atoms with Crippen molar-refractivity contribution in [2.75, 3.05) is 0 Å². The third-order valence-electron chi connectivity index (χ3n) is 6.25. The molecular formula is C25H33N5O9. The van der Waals surface area contributed by atoms with Gasteiger partial charge in [-0.25, -0.2) is 4.79 Å². The molecule has 0 spiro atoms. The Labute approximate surface area is 223 Å². The normalized spacial score (nSPS) is 14.8. The number of amides is 3. The second-order valence-electron chi connectivity index (χ2n) is 9.20. The summed E-state index contributed by atoms with van der Waals surface area (Å²) in [6, 6.07) is 1.43. The number of benzene rings is 1. The van der Waals surface area contributed by atoms with Crippen LogP contribution in [0.15, 0.2) is 30.5 Å². The molecule has 14 heteroatoms. The molecule has 3 amide bonds. The number of aromatic amines is 1. The smallest absolute Gasteiger partial charge is 0.326 e. The molecule has 1 aromatic heterocycles. The van der Waals surface area contributed by atoms with Crippen molar-refractivity contribution in [2.45, 2.75) is 63.7 Å². The van der Waals surface area contributed by atoms with Crippen molar-refractivity contribution >= 4 is 46.5 Å². The third kappa shape index (κ3) is 8.81. The van der Waals surface area contributed by atoms with Gasteiger partial charge in [-0.2, -0.15) is 0 Å². The van der Waals surface area contributed by atoms with Crippen LogP contribution in [0.5, 0.6) is 0 Å². The lowest BCUT2D eigenvalue weighted by molar-refractivity contribution is -0.147. The number of hydrogen-bond acceptors (Lipinski definition) is 7. The van der Waals surface area contributed by atoms with E-state index < -0.39 is 78.6 Å². The summed E-state index contributed by atoms with van der Waals surface area (Å²) in [5.41, 5.74) is 7.00. The Hall–Kier alpha value is -4.46. The van der Waals surface area contributed by atoms with Gasteiger partial charge in [0.25, 0.3) is 0 Å². The van der Waals surface area contributed by atoms with E-state index >= 15 is 0 Å². The summed E-state index contributed by atoms with van der Waals surface area (Å²) in [7, 11) is 0. The monoisotopic (exact) mass is 547 g/mol. The summed E-state index contributed by atoms with van der Waals surface area (Å²) in [6.45, 7) is 3.42. The number of H-pyrrole nitrogens is 1.